The first-order valence-corrected chi connectivity index (χ1v) is 6.26. The summed E-state index contributed by atoms with van der Waals surface area (Å²) in [6.45, 7) is 4.00. The Kier molecular flexibility index (Phi) is 3.97. The van der Waals surface area contributed by atoms with E-state index in [1.165, 1.54) is 0 Å². The van der Waals surface area contributed by atoms with E-state index in [2.05, 4.69) is 10.2 Å². The minimum Gasteiger partial charge on any atom is -0.360 e. The molecule has 0 spiro atoms. The quantitative estimate of drug-likeness (QED) is 0.815. The van der Waals surface area contributed by atoms with Gasteiger partial charge in [-0.25, -0.2) is 0 Å². The topological polar surface area (TPSA) is 49.4 Å². The Balaban J connectivity index is 2.07. The fourth-order valence-electron chi connectivity index (χ4n) is 2.15. The molecule has 0 bridgehead atoms. The Labute approximate surface area is 107 Å². The Morgan fingerprint density at radius 1 is 1.39 bits per heavy atom. The SMILES string of the molecule is CC(CC=O)c1ccc(N2CCNC(=O)C2)cc1. The van der Waals surface area contributed by atoms with Gasteiger partial charge in [0, 0.05) is 25.2 Å². The standard InChI is InChI=1S/C14H18N2O2/c1-11(6-9-17)12-2-4-13(5-3-12)16-8-7-15-14(18)10-16/h2-5,9,11H,6-8,10H2,1H3,(H,15,18). The Morgan fingerprint density at radius 3 is 2.72 bits per heavy atom. The van der Waals surface area contributed by atoms with Crippen molar-refractivity contribution in [1.82, 2.24) is 5.32 Å². The molecule has 1 saturated heterocycles. The van der Waals surface area contributed by atoms with E-state index in [0.29, 0.717) is 19.5 Å². The first-order chi connectivity index (χ1) is 8.70. The highest BCUT2D eigenvalue weighted by Gasteiger charge is 2.16. The molecule has 4 heteroatoms. The van der Waals surface area contributed by atoms with E-state index < -0.39 is 0 Å². The molecule has 0 aliphatic carbocycles. The molecule has 1 N–H and O–H groups in total. The van der Waals surface area contributed by atoms with Crippen LogP contribution < -0.4 is 10.2 Å². The number of nitrogens with zero attached hydrogens (tertiary/aromatic N) is 1. The summed E-state index contributed by atoms with van der Waals surface area (Å²) in [5, 5.41) is 2.81. The molecule has 18 heavy (non-hydrogen) atoms. The first-order valence-electron chi connectivity index (χ1n) is 6.26. The van der Waals surface area contributed by atoms with Gasteiger partial charge in [-0.2, -0.15) is 0 Å². The van der Waals surface area contributed by atoms with Crippen molar-refractivity contribution < 1.29 is 9.59 Å². The van der Waals surface area contributed by atoms with Gasteiger partial charge in [-0.15, -0.1) is 0 Å². The average molecular weight is 246 g/mol. The van der Waals surface area contributed by atoms with Crippen LogP contribution >= 0.6 is 0 Å². The number of hydrogen-bond acceptors (Lipinski definition) is 3. The van der Waals surface area contributed by atoms with Gasteiger partial charge in [-0.3, -0.25) is 4.79 Å². The molecule has 1 fully saturated rings. The van der Waals surface area contributed by atoms with Gasteiger partial charge in [-0.05, 0) is 23.6 Å². The highest BCUT2D eigenvalue weighted by molar-refractivity contribution is 5.82. The number of carbonyl (C=O) groups excluding carboxylic acids is 2. The van der Waals surface area contributed by atoms with Crippen molar-refractivity contribution in [2.24, 2.45) is 0 Å². The highest BCUT2D eigenvalue weighted by atomic mass is 16.2. The van der Waals surface area contributed by atoms with E-state index in [1.54, 1.807) is 0 Å². The summed E-state index contributed by atoms with van der Waals surface area (Å²) in [6.07, 6.45) is 1.50. The summed E-state index contributed by atoms with van der Waals surface area (Å²) in [7, 11) is 0. The number of carbonyl (C=O) groups is 2. The summed E-state index contributed by atoms with van der Waals surface area (Å²) in [6, 6.07) is 8.12. The first kappa shape index (κ1) is 12.6. The molecule has 0 saturated carbocycles. The zero-order chi connectivity index (χ0) is 13.0. The molecule has 0 aromatic heterocycles. The van der Waals surface area contributed by atoms with Gasteiger partial charge in [0.1, 0.15) is 6.29 Å². The molecule has 1 aliphatic rings. The molecule has 4 nitrogen and oxygen atoms in total. The van der Waals surface area contributed by atoms with Crippen LogP contribution in [-0.2, 0) is 9.59 Å². The number of benzene rings is 1. The lowest BCUT2D eigenvalue weighted by molar-refractivity contribution is -0.120. The molecule has 0 radical (unpaired) electrons. The average Bonchev–Trinajstić information content (AvgIpc) is 2.39. The Bertz CT molecular complexity index is 428. The van der Waals surface area contributed by atoms with Crippen molar-refractivity contribution in [3.05, 3.63) is 29.8 Å². The van der Waals surface area contributed by atoms with E-state index in [1.807, 2.05) is 31.2 Å². The van der Waals surface area contributed by atoms with E-state index >= 15 is 0 Å². The van der Waals surface area contributed by atoms with Crippen molar-refractivity contribution in [2.45, 2.75) is 19.3 Å². The second kappa shape index (κ2) is 5.67. The van der Waals surface area contributed by atoms with Crippen LogP contribution in [0.5, 0.6) is 0 Å². The second-order valence-electron chi connectivity index (χ2n) is 4.67. The van der Waals surface area contributed by atoms with Crippen LogP contribution in [0.2, 0.25) is 0 Å². The third-order valence-electron chi connectivity index (χ3n) is 3.32. The zero-order valence-corrected chi connectivity index (χ0v) is 10.6. The fourth-order valence-corrected chi connectivity index (χ4v) is 2.15. The van der Waals surface area contributed by atoms with Crippen LogP contribution in [0.3, 0.4) is 0 Å². The van der Waals surface area contributed by atoms with Crippen molar-refractivity contribution in [2.75, 3.05) is 24.5 Å². The summed E-state index contributed by atoms with van der Waals surface area (Å²) in [5.41, 5.74) is 2.22. The minimum absolute atomic E-state index is 0.0691. The number of nitrogens with one attached hydrogen (secondary N) is 1. The molecule has 96 valence electrons. The van der Waals surface area contributed by atoms with Gasteiger partial charge in [0.25, 0.3) is 0 Å². The van der Waals surface area contributed by atoms with Crippen LogP contribution in [-0.4, -0.2) is 31.8 Å². The monoisotopic (exact) mass is 246 g/mol. The predicted octanol–water partition coefficient (Wildman–Crippen LogP) is 1.32. The number of hydrogen-bond donors (Lipinski definition) is 1. The summed E-state index contributed by atoms with van der Waals surface area (Å²) < 4.78 is 0. The van der Waals surface area contributed by atoms with E-state index in [4.69, 9.17) is 0 Å². The number of anilines is 1. The van der Waals surface area contributed by atoms with Crippen molar-refractivity contribution in [1.29, 1.82) is 0 Å². The normalized spacial score (nSPS) is 17.2. The maximum Gasteiger partial charge on any atom is 0.239 e. The summed E-state index contributed by atoms with van der Waals surface area (Å²) >= 11 is 0. The molecule has 1 unspecified atom stereocenters. The number of rotatable bonds is 4. The molecule has 1 aromatic carbocycles. The molecule has 1 aliphatic heterocycles. The second-order valence-corrected chi connectivity index (χ2v) is 4.67. The lowest BCUT2D eigenvalue weighted by Crippen LogP contribution is -2.47. The fraction of sp³-hybridized carbons (Fsp3) is 0.429. The minimum atomic E-state index is 0.0691. The molecular formula is C14H18N2O2. The number of amides is 1. The van der Waals surface area contributed by atoms with Crippen molar-refractivity contribution in [3.63, 3.8) is 0 Å². The molecule has 2 rings (SSSR count). The molecule has 1 heterocycles. The molecule has 1 amide bonds. The van der Waals surface area contributed by atoms with E-state index in [0.717, 1.165) is 24.1 Å². The molecule has 1 atom stereocenters. The largest absolute Gasteiger partial charge is 0.360 e. The van der Waals surface area contributed by atoms with E-state index in [9.17, 15) is 9.59 Å². The Hall–Kier alpha value is -1.84. The van der Waals surface area contributed by atoms with Crippen LogP contribution in [0, 0.1) is 0 Å². The third-order valence-corrected chi connectivity index (χ3v) is 3.32. The van der Waals surface area contributed by atoms with Crippen LogP contribution in [0.15, 0.2) is 24.3 Å². The maximum atomic E-state index is 11.3. The van der Waals surface area contributed by atoms with Crippen molar-refractivity contribution >= 4 is 17.9 Å². The number of aldehydes is 1. The van der Waals surface area contributed by atoms with Gasteiger partial charge >= 0.3 is 0 Å². The number of piperazine rings is 1. The molecule has 1 aromatic rings. The van der Waals surface area contributed by atoms with Gasteiger partial charge in [0.15, 0.2) is 0 Å². The smallest absolute Gasteiger partial charge is 0.239 e. The summed E-state index contributed by atoms with van der Waals surface area (Å²) in [5.74, 6) is 0.320. The van der Waals surface area contributed by atoms with Gasteiger partial charge < -0.3 is 15.0 Å². The lowest BCUT2D eigenvalue weighted by atomic mass is 9.98. The molecular weight excluding hydrogens is 228 g/mol. The van der Waals surface area contributed by atoms with Crippen LogP contribution in [0.4, 0.5) is 5.69 Å². The zero-order valence-electron chi connectivity index (χ0n) is 10.6. The predicted molar refractivity (Wildman–Crippen MR) is 70.8 cm³/mol. The van der Waals surface area contributed by atoms with Gasteiger partial charge in [0.2, 0.25) is 5.91 Å². The third kappa shape index (κ3) is 2.88. The van der Waals surface area contributed by atoms with Crippen LogP contribution in [0.1, 0.15) is 24.8 Å². The van der Waals surface area contributed by atoms with Gasteiger partial charge in [-0.1, -0.05) is 19.1 Å². The van der Waals surface area contributed by atoms with Crippen LogP contribution in [0.25, 0.3) is 0 Å². The summed E-state index contributed by atoms with van der Waals surface area (Å²) in [4.78, 5) is 23.9. The van der Waals surface area contributed by atoms with Gasteiger partial charge in [0.05, 0.1) is 6.54 Å². The van der Waals surface area contributed by atoms with E-state index in [-0.39, 0.29) is 11.8 Å². The highest BCUT2D eigenvalue weighted by Crippen LogP contribution is 2.22. The Morgan fingerprint density at radius 2 is 2.11 bits per heavy atom. The van der Waals surface area contributed by atoms with Crippen molar-refractivity contribution in [3.8, 4) is 0 Å². The maximum absolute atomic E-state index is 11.3. The lowest BCUT2D eigenvalue weighted by Gasteiger charge is -2.28.